The molecule has 2 aliphatic rings. The molecule has 5 unspecified atom stereocenters. The molecule has 2 rings (SSSR count). The van der Waals surface area contributed by atoms with Gasteiger partial charge in [0, 0.05) is 6.42 Å². The number of fused-ring (bicyclic) bond motifs is 1. The second-order valence-electron chi connectivity index (χ2n) is 6.24. The predicted octanol–water partition coefficient (Wildman–Crippen LogP) is 3.79. The van der Waals surface area contributed by atoms with Crippen molar-refractivity contribution < 1.29 is 9.53 Å². The van der Waals surface area contributed by atoms with E-state index in [1.54, 1.807) is 0 Å². The third kappa shape index (κ3) is 2.83. The first-order chi connectivity index (χ1) is 8.11. The molecule has 0 amide bonds. The standard InChI is InChI=1S/C15H26O2/c1-4-5-14-13-8-10(2)6-7-12(13)11(3)9-15(16)17-14/h10-14H,4-9H2,1-3H3. The summed E-state index contributed by atoms with van der Waals surface area (Å²) < 4.78 is 5.70. The van der Waals surface area contributed by atoms with Crippen molar-refractivity contribution in [2.75, 3.05) is 0 Å². The fourth-order valence-corrected chi connectivity index (χ4v) is 3.86. The first-order valence-corrected chi connectivity index (χ1v) is 7.31. The summed E-state index contributed by atoms with van der Waals surface area (Å²) in [6.45, 7) is 6.77. The van der Waals surface area contributed by atoms with Crippen LogP contribution in [-0.4, -0.2) is 12.1 Å². The van der Waals surface area contributed by atoms with Crippen molar-refractivity contribution in [2.24, 2.45) is 23.7 Å². The first kappa shape index (κ1) is 12.9. The molecule has 2 nitrogen and oxygen atoms in total. The second kappa shape index (κ2) is 5.41. The average Bonchev–Trinajstić information content (AvgIpc) is 2.37. The van der Waals surface area contributed by atoms with E-state index in [-0.39, 0.29) is 12.1 Å². The molecule has 1 aliphatic heterocycles. The highest BCUT2D eigenvalue weighted by molar-refractivity contribution is 5.70. The van der Waals surface area contributed by atoms with E-state index < -0.39 is 0 Å². The topological polar surface area (TPSA) is 26.3 Å². The molecule has 2 fully saturated rings. The maximum absolute atomic E-state index is 11.8. The van der Waals surface area contributed by atoms with Crippen molar-refractivity contribution in [1.82, 2.24) is 0 Å². The lowest BCUT2D eigenvalue weighted by atomic mass is 9.67. The van der Waals surface area contributed by atoms with Gasteiger partial charge in [0.05, 0.1) is 0 Å². The molecule has 0 aromatic heterocycles. The molecule has 0 spiro atoms. The van der Waals surface area contributed by atoms with Crippen LogP contribution < -0.4 is 0 Å². The normalized spacial score (nSPS) is 42.5. The Morgan fingerprint density at radius 2 is 2.00 bits per heavy atom. The minimum atomic E-state index is 0.0398. The van der Waals surface area contributed by atoms with Gasteiger partial charge in [0.25, 0.3) is 0 Å². The molecule has 1 heterocycles. The molecule has 0 bridgehead atoms. The summed E-state index contributed by atoms with van der Waals surface area (Å²) in [7, 11) is 0. The molecular formula is C15H26O2. The van der Waals surface area contributed by atoms with Gasteiger partial charge in [-0.2, -0.15) is 0 Å². The zero-order valence-corrected chi connectivity index (χ0v) is 11.4. The Hall–Kier alpha value is -0.530. The Morgan fingerprint density at radius 3 is 2.71 bits per heavy atom. The third-order valence-electron chi connectivity index (χ3n) is 4.77. The fraction of sp³-hybridized carbons (Fsp3) is 0.933. The maximum Gasteiger partial charge on any atom is 0.306 e. The maximum atomic E-state index is 11.8. The smallest absolute Gasteiger partial charge is 0.306 e. The number of cyclic esters (lactones) is 1. The Balaban J connectivity index is 2.16. The van der Waals surface area contributed by atoms with E-state index in [2.05, 4.69) is 20.8 Å². The number of carbonyl (C=O) groups is 1. The first-order valence-electron chi connectivity index (χ1n) is 7.31. The highest BCUT2D eigenvalue weighted by Crippen LogP contribution is 2.44. The van der Waals surface area contributed by atoms with Crippen molar-refractivity contribution in [3.05, 3.63) is 0 Å². The molecule has 2 heteroatoms. The lowest BCUT2D eigenvalue weighted by molar-refractivity contribution is -0.151. The highest BCUT2D eigenvalue weighted by atomic mass is 16.5. The van der Waals surface area contributed by atoms with E-state index in [4.69, 9.17) is 4.74 Å². The van der Waals surface area contributed by atoms with E-state index >= 15 is 0 Å². The van der Waals surface area contributed by atoms with Gasteiger partial charge < -0.3 is 4.74 Å². The second-order valence-corrected chi connectivity index (χ2v) is 6.24. The van der Waals surface area contributed by atoms with Crippen LogP contribution in [0.4, 0.5) is 0 Å². The van der Waals surface area contributed by atoms with Crippen LogP contribution in [0.5, 0.6) is 0 Å². The SMILES string of the molecule is CCCC1OC(=O)CC(C)C2CCC(C)CC12. The third-order valence-corrected chi connectivity index (χ3v) is 4.77. The van der Waals surface area contributed by atoms with Gasteiger partial charge in [0.15, 0.2) is 0 Å². The zero-order chi connectivity index (χ0) is 12.4. The zero-order valence-electron chi connectivity index (χ0n) is 11.4. The van der Waals surface area contributed by atoms with Gasteiger partial charge in [0.2, 0.25) is 0 Å². The van der Waals surface area contributed by atoms with E-state index in [0.717, 1.165) is 18.8 Å². The Morgan fingerprint density at radius 1 is 1.24 bits per heavy atom. The van der Waals surface area contributed by atoms with Gasteiger partial charge in [-0.3, -0.25) is 4.79 Å². The molecule has 5 atom stereocenters. The molecule has 0 radical (unpaired) electrons. The molecule has 98 valence electrons. The van der Waals surface area contributed by atoms with E-state index in [9.17, 15) is 4.79 Å². The van der Waals surface area contributed by atoms with E-state index in [1.165, 1.54) is 19.3 Å². The van der Waals surface area contributed by atoms with Crippen LogP contribution in [0, 0.1) is 23.7 Å². The largest absolute Gasteiger partial charge is 0.462 e. The Bertz CT molecular complexity index is 274. The van der Waals surface area contributed by atoms with Crippen LogP contribution in [0.15, 0.2) is 0 Å². The quantitative estimate of drug-likeness (QED) is 0.684. The van der Waals surface area contributed by atoms with Gasteiger partial charge in [-0.1, -0.05) is 33.6 Å². The number of rotatable bonds is 2. The molecule has 1 saturated heterocycles. The lowest BCUT2D eigenvalue weighted by Gasteiger charge is -2.39. The van der Waals surface area contributed by atoms with E-state index in [0.29, 0.717) is 24.2 Å². The van der Waals surface area contributed by atoms with Gasteiger partial charge in [-0.25, -0.2) is 0 Å². The van der Waals surface area contributed by atoms with Crippen LogP contribution in [0.25, 0.3) is 0 Å². The van der Waals surface area contributed by atoms with Crippen molar-refractivity contribution >= 4 is 5.97 Å². The van der Waals surface area contributed by atoms with E-state index in [1.807, 2.05) is 0 Å². The Labute approximate surface area is 105 Å². The van der Waals surface area contributed by atoms with Crippen LogP contribution in [0.1, 0.15) is 59.3 Å². The summed E-state index contributed by atoms with van der Waals surface area (Å²) in [6.07, 6.45) is 6.88. The lowest BCUT2D eigenvalue weighted by Crippen LogP contribution is -2.35. The summed E-state index contributed by atoms with van der Waals surface area (Å²) in [5.74, 6) is 2.70. The van der Waals surface area contributed by atoms with Crippen molar-refractivity contribution in [3.63, 3.8) is 0 Å². The van der Waals surface area contributed by atoms with Gasteiger partial charge in [0.1, 0.15) is 6.10 Å². The van der Waals surface area contributed by atoms with Crippen molar-refractivity contribution in [1.29, 1.82) is 0 Å². The van der Waals surface area contributed by atoms with Crippen molar-refractivity contribution in [2.45, 2.75) is 65.4 Å². The molecular weight excluding hydrogens is 212 g/mol. The number of esters is 1. The molecule has 0 aromatic rings. The van der Waals surface area contributed by atoms with Gasteiger partial charge >= 0.3 is 5.97 Å². The van der Waals surface area contributed by atoms with Crippen molar-refractivity contribution in [3.8, 4) is 0 Å². The molecule has 0 N–H and O–H groups in total. The summed E-state index contributed by atoms with van der Waals surface area (Å²) >= 11 is 0. The summed E-state index contributed by atoms with van der Waals surface area (Å²) in [4.78, 5) is 11.8. The minimum Gasteiger partial charge on any atom is -0.462 e. The average molecular weight is 238 g/mol. The number of hydrogen-bond acceptors (Lipinski definition) is 2. The summed E-state index contributed by atoms with van der Waals surface area (Å²) in [6, 6.07) is 0. The van der Waals surface area contributed by atoms with Crippen LogP contribution in [-0.2, 0) is 9.53 Å². The minimum absolute atomic E-state index is 0.0398. The monoisotopic (exact) mass is 238 g/mol. The Kier molecular flexibility index (Phi) is 4.11. The number of ether oxygens (including phenoxy) is 1. The predicted molar refractivity (Wildman–Crippen MR) is 68.6 cm³/mol. The molecule has 1 aliphatic carbocycles. The molecule has 0 aromatic carbocycles. The van der Waals surface area contributed by atoms with Crippen LogP contribution >= 0.6 is 0 Å². The van der Waals surface area contributed by atoms with Crippen LogP contribution in [0.3, 0.4) is 0 Å². The number of hydrogen-bond donors (Lipinski definition) is 0. The highest BCUT2D eigenvalue weighted by Gasteiger charge is 2.41. The summed E-state index contributed by atoms with van der Waals surface area (Å²) in [5, 5.41) is 0. The summed E-state index contributed by atoms with van der Waals surface area (Å²) in [5.41, 5.74) is 0. The number of carbonyl (C=O) groups excluding carboxylic acids is 1. The molecule has 1 saturated carbocycles. The van der Waals surface area contributed by atoms with Gasteiger partial charge in [-0.05, 0) is 42.9 Å². The van der Waals surface area contributed by atoms with Gasteiger partial charge in [-0.15, -0.1) is 0 Å². The van der Waals surface area contributed by atoms with Crippen LogP contribution in [0.2, 0.25) is 0 Å². The molecule has 17 heavy (non-hydrogen) atoms. The fourth-order valence-electron chi connectivity index (χ4n) is 3.86.